The second-order valence-corrected chi connectivity index (χ2v) is 8.24. The van der Waals surface area contributed by atoms with Gasteiger partial charge in [-0.2, -0.15) is 0 Å². The van der Waals surface area contributed by atoms with Gasteiger partial charge < -0.3 is 9.47 Å². The lowest BCUT2D eigenvalue weighted by Crippen LogP contribution is -2.32. The van der Waals surface area contributed by atoms with Crippen molar-refractivity contribution >= 4 is 29.4 Å². The number of hydrogen-bond acceptors (Lipinski definition) is 6. The normalized spacial score (nSPS) is 13.0. The molecule has 0 fully saturated rings. The van der Waals surface area contributed by atoms with Gasteiger partial charge >= 0.3 is 11.9 Å². The highest BCUT2D eigenvalue weighted by Crippen LogP contribution is 2.40. The molecule has 0 atom stereocenters. The molecule has 2 aromatic rings. The van der Waals surface area contributed by atoms with Crippen LogP contribution in [-0.4, -0.2) is 37.0 Å². The number of hydrogen-bond donors (Lipinski definition) is 0. The summed E-state index contributed by atoms with van der Waals surface area (Å²) in [5, 5.41) is 0. The molecule has 2 aromatic carbocycles. The number of amides is 2. The third kappa shape index (κ3) is 4.28. The molecular weight excluding hydrogens is 410 g/mol. The molecule has 2 amide bonds. The van der Waals surface area contributed by atoms with Crippen molar-refractivity contribution in [2.45, 2.75) is 46.5 Å². The molecule has 0 saturated carbocycles. The molecule has 7 heteroatoms. The number of nitrogens with zero attached hydrogens (tertiary/aromatic N) is 1. The van der Waals surface area contributed by atoms with Crippen LogP contribution >= 0.6 is 0 Å². The summed E-state index contributed by atoms with van der Waals surface area (Å²) in [6, 6.07) is 10.3. The average Bonchev–Trinajstić information content (AvgIpc) is 3.00. The lowest BCUT2D eigenvalue weighted by Gasteiger charge is -2.25. The van der Waals surface area contributed by atoms with Crippen LogP contribution < -0.4 is 4.90 Å². The van der Waals surface area contributed by atoms with E-state index >= 15 is 0 Å². The Morgan fingerprint density at radius 3 is 1.97 bits per heavy atom. The summed E-state index contributed by atoms with van der Waals surface area (Å²) in [6.07, 6.45) is 0. The van der Waals surface area contributed by atoms with Gasteiger partial charge in [0.15, 0.2) is 0 Å². The number of anilines is 1. The smallest absolute Gasteiger partial charge is 0.339 e. The van der Waals surface area contributed by atoms with Crippen LogP contribution in [-0.2, 0) is 14.3 Å². The lowest BCUT2D eigenvalue weighted by atomic mass is 9.92. The van der Waals surface area contributed by atoms with E-state index in [0.29, 0.717) is 5.69 Å². The largest absolute Gasteiger partial charge is 0.462 e. The van der Waals surface area contributed by atoms with Crippen LogP contribution in [0.15, 0.2) is 36.4 Å². The van der Waals surface area contributed by atoms with Crippen LogP contribution in [0.3, 0.4) is 0 Å². The van der Waals surface area contributed by atoms with Gasteiger partial charge in [-0.25, -0.2) is 9.69 Å². The molecule has 0 spiro atoms. The van der Waals surface area contributed by atoms with E-state index in [1.165, 1.54) is 24.0 Å². The number of fused-ring (bicyclic) bond motifs is 1. The summed E-state index contributed by atoms with van der Waals surface area (Å²) < 4.78 is 9.91. The molecule has 1 heterocycles. The van der Waals surface area contributed by atoms with Gasteiger partial charge in [-0.15, -0.1) is 0 Å². The van der Waals surface area contributed by atoms with Crippen LogP contribution in [0.25, 0.3) is 0 Å². The van der Waals surface area contributed by atoms with Gasteiger partial charge in [0.25, 0.3) is 11.8 Å². The van der Waals surface area contributed by atoms with Crippen molar-refractivity contribution < 1.29 is 28.7 Å². The molecule has 0 aromatic heterocycles. The van der Waals surface area contributed by atoms with Crippen molar-refractivity contribution in [2.75, 3.05) is 18.1 Å². The Labute approximate surface area is 187 Å². The van der Waals surface area contributed by atoms with Crippen LogP contribution in [0.1, 0.15) is 88.7 Å². The fourth-order valence-electron chi connectivity index (χ4n) is 3.83. The van der Waals surface area contributed by atoms with Crippen molar-refractivity contribution in [3.8, 4) is 0 Å². The van der Waals surface area contributed by atoms with E-state index in [-0.39, 0.29) is 41.7 Å². The Morgan fingerprint density at radius 1 is 0.844 bits per heavy atom. The molecule has 0 radical (unpaired) electrons. The maximum atomic E-state index is 13.5. The van der Waals surface area contributed by atoms with Crippen LogP contribution in [0.4, 0.5) is 5.69 Å². The van der Waals surface area contributed by atoms with Crippen LogP contribution in [0.2, 0.25) is 0 Å². The highest BCUT2D eigenvalue weighted by Gasteiger charge is 2.42. The van der Waals surface area contributed by atoms with E-state index < -0.39 is 23.8 Å². The zero-order valence-electron chi connectivity index (χ0n) is 18.9. The molecule has 0 N–H and O–H groups in total. The number of ether oxygens (including phenoxy) is 2. The Kier molecular flexibility index (Phi) is 6.77. The molecule has 3 rings (SSSR count). The fraction of sp³-hybridized carbons (Fsp3) is 0.360. The summed E-state index contributed by atoms with van der Waals surface area (Å²) >= 11 is 0. The van der Waals surface area contributed by atoms with E-state index in [1.807, 2.05) is 45.9 Å². The maximum Gasteiger partial charge on any atom is 0.339 e. The summed E-state index contributed by atoms with van der Waals surface area (Å²) in [5.74, 6) is -2.08. The first kappa shape index (κ1) is 23.2. The number of carbonyl (C=O) groups excluding carboxylic acids is 4. The molecular formula is C25H27NO6. The number of para-hydroxylation sites is 1. The van der Waals surface area contributed by atoms with Crippen molar-refractivity contribution in [1.82, 2.24) is 0 Å². The number of carbonyl (C=O) groups is 4. The van der Waals surface area contributed by atoms with E-state index in [0.717, 1.165) is 11.1 Å². The average molecular weight is 437 g/mol. The monoisotopic (exact) mass is 437 g/mol. The number of esters is 2. The van der Waals surface area contributed by atoms with E-state index in [9.17, 15) is 19.2 Å². The summed E-state index contributed by atoms with van der Waals surface area (Å²) in [6.45, 7) is 9.04. The lowest BCUT2D eigenvalue weighted by molar-refractivity contribution is -0.142. The Morgan fingerprint density at radius 2 is 1.41 bits per heavy atom. The zero-order valence-corrected chi connectivity index (χ0v) is 18.9. The van der Waals surface area contributed by atoms with Crippen molar-refractivity contribution in [3.05, 3.63) is 64.2 Å². The third-order valence-electron chi connectivity index (χ3n) is 5.32. The van der Waals surface area contributed by atoms with Gasteiger partial charge in [0.1, 0.15) is 13.2 Å². The minimum absolute atomic E-state index is 0.0132. The topological polar surface area (TPSA) is 90.0 Å². The molecule has 1 aliphatic heterocycles. The standard InChI is InChI=1S/C25H27NO6/c1-14(2)17-8-6-9-18(15(3)4)22(17)26-23(28)19-10-7-11-20(21(19)24(26)29)25(30)32-13-12-31-16(5)27/h6-11,14-15H,12-13H2,1-5H3. The zero-order chi connectivity index (χ0) is 23.6. The van der Waals surface area contributed by atoms with Gasteiger partial charge in [0.05, 0.1) is 22.4 Å². The number of imide groups is 1. The van der Waals surface area contributed by atoms with Gasteiger partial charge in [-0.05, 0) is 35.1 Å². The molecule has 0 unspecified atom stereocenters. The predicted molar refractivity (Wildman–Crippen MR) is 119 cm³/mol. The first-order chi connectivity index (χ1) is 15.1. The van der Waals surface area contributed by atoms with E-state index in [1.54, 1.807) is 6.07 Å². The molecule has 1 aliphatic rings. The summed E-state index contributed by atoms with van der Waals surface area (Å²) in [4.78, 5) is 51.6. The fourth-order valence-corrected chi connectivity index (χ4v) is 3.83. The quantitative estimate of drug-likeness (QED) is 0.361. The van der Waals surface area contributed by atoms with Gasteiger partial charge in [0.2, 0.25) is 0 Å². The summed E-state index contributed by atoms with van der Waals surface area (Å²) in [7, 11) is 0. The molecule has 0 bridgehead atoms. The number of benzene rings is 2. The molecule has 0 saturated heterocycles. The second-order valence-electron chi connectivity index (χ2n) is 8.24. The highest BCUT2D eigenvalue weighted by atomic mass is 16.6. The van der Waals surface area contributed by atoms with Gasteiger partial charge in [-0.1, -0.05) is 52.0 Å². The molecule has 32 heavy (non-hydrogen) atoms. The first-order valence-electron chi connectivity index (χ1n) is 10.6. The maximum absolute atomic E-state index is 13.5. The first-order valence-corrected chi connectivity index (χ1v) is 10.6. The predicted octanol–water partition coefficient (Wildman–Crippen LogP) is 4.45. The van der Waals surface area contributed by atoms with Crippen LogP contribution in [0.5, 0.6) is 0 Å². The van der Waals surface area contributed by atoms with Gasteiger partial charge in [-0.3, -0.25) is 14.4 Å². The van der Waals surface area contributed by atoms with E-state index in [2.05, 4.69) is 0 Å². The SMILES string of the molecule is CC(=O)OCCOC(=O)c1cccc2c1C(=O)N(c1c(C(C)C)cccc1C(C)C)C2=O. The van der Waals surface area contributed by atoms with Crippen LogP contribution in [0, 0.1) is 0 Å². The van der Waals surface area contributed by atoms with E-state index in [4.69, 9.17) is 9.47 Å². The minimum atomic E-state index is -0.752. The van der Waals surface area contributed by atoms with Gasteiger partial charge in [0, 0.05) is 6.92 Å². The Hall–Kier alpha value is -3.48. The minimum Gasteiger partial charge on any atom is -0.462 e. The highest BCUT2D eigenvalue weighted by molar-refractivity contribution is 6.36. The summed E-state index contributed by atoms with van der Waals surface area (Å²) in [5.41, 5.74) is 2.56. The van der Waals surface area contributed by atoms with Crippen molar-refractivity contribution in [1.29, 1.82) is 0 Å². The molecule has 7 nitrogen and oxygen atoms in total. The molecule has 0 aliphatic carbocycles. The Bertz CT molecular complexity index is 1060. The Balaban J connectivity index is 2.02. The number of rotatable bonds is 7. The molecule has 168 valence electrons. The third-order valence-corrected chi connectivity index (χ3v) is 5.32. The van der Waals surface area contributed by atoms with Crippen molar-refractivity contribution in [2.24, 2.45) is 0 Å². The second kappa shape index (κ2) is 9.34. The van der Waals surface area contributed by atoms with Crippen molar-refractivity contribution in [3.63, 3.8) is 0 Å².